The Hall–Kier alpha value is -2.62. The highest BCUT2D eigenvalue weighted by molar-refractivity contribution is 5.97. The Labute approximate surface area is 175 Å². The van der Waals surface area contributed by atoms with E-state index < -0.39 is 0 Å². The predicted octanol–water partition coefficient (Wildman–Crippen LogP) is 6.15. The summed E-state index contributed by atoms with van der Waals surface area (Å²) >= 11 is 0. The first-order valence-corrected chi connectivity index (χ1v) is 10.7. The molecule has 0 aromatic heterocycles. The predicted molar refractivity (Wildman–Crippen MR) is 121 cm³/mol. The van der Waals surface area contributed by atoms with Crippen LogP contribution in [0.1, 0.15) is 70.4 Å². The lowest BCUT2D eigenvalue weighted by atomic mass is 9.96. The molecule has 2 aromatic rings. The second-order valence-corrected chi connectivity index (χ2v) is 8.14. The van der Waals surface area contributed by atoms with E-state index in [1.54, 1.807) is 6.07 Å². The van der Waals surface area contributed by atoms with Crippen LogP contribution >= 0.6 is 0 Å². The number of carbonyl (C=O) groups excluding carboxylic acids is 2. The zero-order chi connectivity index (χ0) is 21.2. The molecule has 0 saturated heterocycles. The average molecular weight is 395 g/mol. The van der Waals surface area contributed by atoms with Crippen LogP contribution in [0.2, 0.25) is 0 Å². The number of nitrogens with one attached hydrogen (secondary N) is 2. The second kappa shape index (κ2) is 11.4. The number of unbranched alkanes of at least 4 members (excludes halogenated alkanes) is 2. The molecule has 0 radical (unpaired) electrons. The van der Waals surface area contributed by atoms with Gasteiger partial charge in [0.05, 0.1) is 5.92 Å². The number of rotatable bonds is 10. The van der Waals surface area contributed by atoms with Crippen molar-refractivity contribution in [3.05, 3.63) is 59.7 Å². The van der Waals surface area contributed by atoms with Crippen molar-refractivity contribution in [1.29, 1.82) is 0 Å². The molecular weight excluding hydrogens is 360 g/mol. The minimum absolute atomic E-state index is 0.0109. The standard InChI is InChI=1S/C25H34N2O2/c1-5-6-7-11-24(28)26-22-9-8-10-23(17-22)27-25(29)19(4)21-14-12-20(13-15-21)16-18(2)3/h8-10,12-15,17-19H,5-7,11,16H2,1-4H3,(H,26,28)(H,27,29). The number of hydrogen-bond donors (Lipinski definition) is 2. The fourth-order valence-electron chi connectivity index (χ4n) is 3.25. The van der Waals surface area contributed by atoms with E-state index in [2.05, 4.69) is 43.5 Å². The Morgan fingerprint density at radius 2 is 1.55 bits per heavy atom. The average Bonchev–Trinajstić information content (AvgIpc) is 2.68. The lowest BCUT2D eigenvalue weighted by molar-refractivity contribution is -0.117. The molecule has 29 heavy (non-hydrogen) atoms. The molecule has 0 saturated carbocycles. The summed E-state index contributed by atoms with van der Waals surface area (Å²) in [6, 6.07) is 15.6. The number of carbonyl (C=O) groups is 2. The van der Waals surface area contributed by atoms with Crippen LogP contribution in [0, 0.1) is 5.92 Å². The van der Waals surface area contributed by atoms with Crippen molar-refractivity contribution in [3.63, 3.8) is 0 Å². The zero-order valence-corrected chi connectivity index (χ0v) is 18.1. The first-order chi connectivity index (χ1) is 13.9. The molecule has 0 aliphatic heterocycles. The van der Waals surface area contributed by atoms with Crippen molar-refractivity contribution in [3.8, 4) is 0 Å². The van der Waals surface area contributed by atoms with Crippen LogP contribution < -0.4 is 10.6 Å². The van der Waals surface area contributed by atoms with Gasteiger partial charge in [-0.1, -0.05) is 63.9 Å². The van der Waals surface area contributed by atoms with Crippen LogP contribution in [0.4, 0.5) is 11.4 Å². The first-order valence-electron chi connectivity index (χ1n) is 10.7. The van der Waals surface area contributed by atoms with Gasteiger partial charge in [-0.3, -0.25) is 9.59 Å². The second-order valence-electron chi connectivity index (χ2n) is 8.14. The van der Waals surface area contributed by atoms with Gasteiger partial charge in [0.25, 0.3) is 0 Å². The first kappa shape index (κ1) is 22.7. The van der Waals surface area contributed by atoms with Gasteiger partial charge in [0.15, 0.2) is 0 Å². The van der Waals surface area contributed by atoms with Crippen molar-refractivity contribution in [2.75, 3.05) is 10.6 Å². The Morgan fingerprint density at radius 3 is 2.17 bits per heavy atom. The van der Waals surface area contributed by atoms with E-state index in [1.165, 1.54) is 5.56 Å². The maximum absolute atomic E-state index is 12.7. The highest BCUT2D eigenvalue weighted by Gasteiger charge is 2.16. The van der Waals surface area contributed by atoms with Gasteiger partial charge in [0.2, 0.25) is 11.8 Å². The van der Waals surface area contributed by atoms with Gasteiger partial charge in [-0.2, -0.15) is 0 Å². The van der Waals surface area contributed by atoms with E-state index in [9.17, 15) is 9.59 Å². The quantitative estimate of drug-likeness (QED) is 0.475. The summed E-state index contributed by atoms with van der Waals surface area (Å²) in [6.07, 6.45) is 4.60. The van der Waals surface area contributed by atoms with Crippen LogP contribution in [-0.4, -0.2) is 11.8 Å². The summed E-state index contributed by atoms with van der Waals surface area (Å²) in [5.41, 5.74) is 3.67. The van der Waals surface area contributed by atoms with Gasteiger partial charge in [-0.15, -0.1) is 0 Å². The Balaban J connectivity index is 1.95. The van der Waals surface area contributed by atoms with Crippen LogP contribution in [0.25, 0.3) is 0 Å². The molecule has 0 bridgehead atoms. The molecule has 2 N–H and O–H groups in total. The highest BCUT2D eigenvalue weighted by Crippen LogP contribution is 2.21. The summed E-state index contributed by atoms with van der Waals surface area (Å²) in [7, 11) is 0. The summed E-state index contributed by atoms with van der Waals surface area (Å²) in [6.45, 7) is 8.43. The largest absolute Gasteiger partial charge is 0.326 e. The molecule has 2 aromatic carbocycles. The monoisotopic (exact) mass is 394 g/mol. The molecule has 2 rings (SSSR count). The van der Waals surface area contributed by atoms with Gasteiger partial charge >= 0.3 is 0 Å². The summed E-state index contributed by atoms with van der Waals surface area (Å²) < 4.78 is 0. The van der Waals surface area contributed by atoms with Crippen LogP contribution in [0.15, 0.2) is 48.5 Å². The number of hydrogen-bond acceptors (Lipinski definition) is 2. The van der Waals surface area contributed by atoms with Gasteiger partial charge < -0.3 is 10.6 Å². The van der Waals surface area contributed by atoms with Crippen molar-refractivity contribution in [2.45, 2.75) is 65.7 Å². The Morgan fingerprint density at radius 1 is 0.897 bits per heavy atom. The van der Waals surface area contributed by atoms with E-state index >= 15 is 0 Å². The van der Waals surface area contributed by atoms with Crippen molar-refractivity contribution in [2.24, 2.45) is 5.92 Å². The van der Waals surface area contributed by atoms with E-state index in [0.29, 0.717) is 23.7 Å². The Bertz CT molecular complexity index is 797. The minimum Gasteiger partial charge on any atom is -0.326 e. The van der Waals surface area contributed by atoms with Gasteiger partial charge in [-0.05, 0) is 55.0 Å². The normalized spacial score (nSPS) is 11.9. The summed E-state index contributed by atoms with van der Waals surface area (Å²) in [5.74, 6) is 0.307. The molecule has 4 nitrogen and oxygen atoms in total. The van der Waals surface area contributed by atoms with Gasteiger partial charge in [0, 0.05) is 17.8 Å². The molecule has 0 spiro atoms. The molecule has 4 heteroatoms. The fraction of sp³-hybridized carbons (Fsp3) is 0.440. The number of benzene rings is 2. The van der Waals surface area contributed by atoms with Crippen molar-refractivity contribution in [1.82, 2.24) is 0 Å². The van der Waals surface area contributed by atoms with Crippen molar-refractivity contribution >= 4 is 23.2 Å². The number of anilines is 2. The molecule has 1 unspecified atom stereocenters. The smallest absolute Gasteiger partial charge is 0.231 e. The van der Waals surface area contributed by atoms with Crippen LogP contribution in [0.3, 0.4) is 0 Å². The third kappa shape index (κ3) is 7.72. The van der Waals surface area contributed by atoms with E-state index in [1.807, 2.05) is 37.3 Å². The van der Waals surface area contributed by atoms with Gasteiger partial charge in [0.1, 0.15) is 0 Å². The van der Waals surface area contributed by atoms with E-state index in [4.69, 9.17) is 0 Å². The maximum Gasteiger partial charge on any atom is 0.231 e. The molecule has 0 fully saturated rings. The molecular formula is C25H34N2O2. The molecule has 0 heterocycles. The lowest BCUT2D eigenvalue weighted by Crippen LogP contribution is -2.19. The van der Waals surface area contributed by atoms with E-state index in [-0.39, 0.29) is 17.7 Å². The molecule has 0 aliphatic rings. The maximum atomic E-state index is 12.7. The molecule has 0 aliphatic carbocycles. The summed E-state index contributed by atoms with van der Waals surface area (Å²) in [4.78, 5) is 24.7. The SMILES string of the molecule is CCCCCC(=O)Nc1cccc(NC(=O)C(C)c2ccc(CC(C)C)cc2)c1. The van der Waals surface area contributed by atoms with Crippen molar-refractivity contribution < 1.29 is 9.59 Å². The lowest BCUT2D eigenvalue weighted by Gasteiger charge is -2.14. The molecule has 2 amide bonds. The third-order valence-electron chi connectivity index (χ3n) is 4.94. The molecule has 156 valence electrons. The van der Waals surface area contributed by atoms with Crippen LogP contribution in [-0.2, 0) is 16.0 Å². The summed E-state index contributed by atoms with van der Waals surface area (Å²) in [5, 5.41) is 5.87. The van der Waals surface area contributed by atoms with Crippen LogP contribution in [0.5, 0.6) is 0 Å². The topological polar surface area (TPSA) is 58.2 Å². The number of amides is 2. The minimum atomic E-state index is -0.254. The van der Waals surface area contributed by atoms with Gasteiger partial charge in [-0.25, -0.2) is 0 Å². The molecule has 1 atom stereocenters. The Kier molecular flexibility index (Phi) is 8.91. The van der Waals surface area contributed by atoms with E-state index in [0.717, 1.165) is 31.2 Å². The highest BCUT2D eigenvalue weighted by atomic mass is 16.2. The third-order valence-corrected chi connectivity index (χ3v) is 4.94. The fourth-order valence-corrected chi connectivity index (χ4v) is 3.25. The zero-order valence-electron chi connectivity index (χ0n) is 18.1.